The zero-order valence-corrected chi connectivity index (χ0v) is 17.8. The number of halogens is 3. The molecule has 158 valence electrons. The highest BCUT2D eigenvalue weighted by molar-refractivity contribution is 7.99. The molecule has 2 aromatic heterocycles. The predicted octanol–water partition coefficient (Wildman–Crippen LogP) is 6.67. The van der Waals surface area contributed by atoms with Crippen LogP contribution in [0.2, 0.25) is 5.02 Å². The Hall–Kier alpha value is -3.49. The monoisotopic (exact) mass is 466 g/mol. The largest absolute Gasteiger partial charge is 0.342 e. The number of aromatic nitrogens is 4. The van der Waals surface area contributed by atoms with Gasteiger partial charge in [0.1, 0.15) is 17.3 Å². The number of rotatable bonds is 5. The van der Waals surface area contributed by atoms with Crippen LogP contribution in [0.4, 0.5) is 8.78 Å². The first-order valence-corrected chi connectivity index (χ1v) is 10.6. The van der Waals surface area contributed by atoms with E-state index in [1.807, 2.05) is 12.1 Å². The highest BCUT2D eigenvalue weighted by atomic mass is 35.5. The summed E-state index contributed by atoms with van der Waals surface area (Å²) >= 11 is 7.42. The summed E-state index contributed by atoms with van der Waals surface area (Å²) in [6.45, 7) is 0. The molecular weight excluding hydrogens is 454 g/mol. The van der Waals surface area contributed by atoms with Crippen molar-refractivity contribution in [1.82, 2.24) is 19.9 Å². The number of benzene rings is 3. The average molecular weight is 467 g/mol. The van der Waals surface area contributed by atoms with Crippen molar-refractivity contribution in [2.24, 2.45) is 0 Å². The average Bonchev–Trinajstić information content (AvgIpc) is 3.47. The van der Waals surface area contributed by atoms with E-state index in [2.05, 4.69) is 15.2 Å². The van der Waals surface area contributed by atoms with Gasteiger partial charge in [0.2, 0.25) is 12.2 Å². The molecule has 0 unspecified atom stereocenters. The highest BCUT2D eigenvalue weighted by Crippen LogP contribution is 2.38. The van der Waals surface area contributed by atoms with Crippen molar-refractivity contribution in [3.63, 3.8) is 0 Å². The molecule has 9 heteroatoms. The van der Waals surface area contributed by atoms with E-state index >= 15 is 4.39 Å². The number of hydrogen-bond donors (Lipinski definition) is 0. The quantitative estimate of drug-likeness (QED) is 0.289. The van der Waals surface area contributed by atoms with Gasteiger partial charge in [-0.2, -0.15) is 10.1 Å². The Morgan fingerprint density at radius 1 is 0.938 bits per heavy atom. The smallest absolute Gasteiger partial charge is 0.214 e. The molecule has 0 bridgehead atoms. The van der Waals surface area contributed by atoms with Gasteiger partial charge in [0.15, 0.2) is 0 Å². The van der Waals surface area contributed by atoms with Crippen molar-refractivity contribution >= 4 is 23.4 Å². The first-order chi connectivity index (χ1) is 15.6. The van der Waals surface area contributed by atoms with Crippen molar-refractivity contribution < 1.29 is 13.3 Å². The minimum atomic E-state index is -0.477. The summed E-state index contributed by atoms with van der Waals surface area (Å²) in [6.07, 6.45) is 2.97. The van der Waals surface area contributed by atoms with Crippen LogP contribution in [0.5, 0.6) is 0 Å². The normalized spacial score (nSPS) is 11.1. The third-order valence-corrected chi connectivity index (χ3v) is 5.94. The first kappa shape index (κ1) is 20.4. The lowest BCUT2D eigenvalue weighted by molar-refractivity contribution is 0.418. The number of hydrogen-bond acceptors (Lipinski definition) is 5. The predicted molar refractivity (Wildman–Crippen MR) is 118 cm³/mol. The van der Waals surface area contributed by atoms with Crippen LogP contribution in [0.15, 0.2) is 93.6 Å². The van der Waals surface area contributed by atoms with Crippen LogP contribution in [0.1, 0.15) is 0 Å². The zero-order valence-electron chi connectivity index (χ0n) is 16.2. The van der Waals surface area contributed by atoms with Crippen LogP contribution in [-0.4, -0.2) is 19.9 Å². The summed E-state index contributed by atoms with van der Waals surface area (Å²) in [5.41, 5.74) is 1.91. The van der Waals surface area contributed by atoms with E-state index in [0.717, 1.165) is 9.79 Å². The highest BCUT2D eigenvalue weighted by Gasteiger charge is 2.18. The van der Waals surface area contributed by atoms with Gasteiger partial charge in [-0.15, -0.1) is 0 Å². The fourth-order valence-electron chi connectivity index (χ4n) is 3.12. The second-order valence-electron chi connectivity index (χ2n) is 6.77. The lowest BCUT2D eigenvalue weighted by Gasteiger charge is -2.05. The fraction of sp³-hybridized carbons (Fsp3) is 0. The van der Waals surface area contributed by atoms with Crippen molar-refractivity contribution in [1.29, 1.82) is 0 Å². The molecule has 5 aromatic rings. The Kier molecular flexibility index (Phi) is 5.46. The summed E-state index contributed by atoms with van der Waals surface area (Å²) in [5.74, 6) is -0.530. The van der Waals surface area contributed by atoms with Crippen molar-refractivity contribution in [3.05, 3.63) is 96.0 Å². The Morgan fingerprint density at radius 3 is 2.41 bits per heavy atom. The van der Waals surface area contributed by atoms with E-state index in [9.17, 15) is 4.39 Å². The van der Waals surface area contributed by atoms with Gasteiger partial charge in [0, 0.05) is 27.2 Å². The summed E-state index contributed by atoms with van der Waals surface area (Å²) in [6, 6.07) is 17.9. The van der Waals surface area contributed by atoms with E-state index in [1.54, 1.807) is 47.3 Å². The molecule has 32 heavy (non-hydrogen) atoms. The molecule has 0 saturated heterocycles. The molecule has 2 heterocycles. The van der Waals surface area contributed by atoms with Crippen LogP contribution in [-0.2, 0) is 0 Å². The maximum atomic E-state index is 15.2. The van der Waals surface area contributed by atoms with E-state index < -0.39 is 5.82 Å². The molecule has 0 fully saturated rings. The molecular formula is C23H13ClF2N4OS. The molecule has 5 nitrogen and oxygen atoms in total. The second kappa shape index (κ2) is 8.57. The van der Waals surface area contributed by atoms with Crippen LogP contribution < -0.4 is 0 Å². The third kappa shape index (κ3) is 4.15. The van der Waals surface area contributed by atoms with Crippen LogP contribution in [0.3, 0.4) is 0 Å². The van der Waals surface area contributed by atoms with Gasteiger partial charge in [0.25, 0.3) is 0 Å². The molecule has 0 amide bonds. The van der Waals surface area contributed by atoms with Gasteiger partial charge >= 0.3 is 0 Å². The minimum Gasteiger partial charge on any atom is -0.342 e. The molecule has 0 aliphatic rings. The zero-order chi connectivity index (χ0) is 22.1. The molecule has 5 rings (SSSR count). The second-order valence-corrected chi connectivity index (χ2v) is 8.32. The Labute approximate surface area is 190 Å². The summed E-state index contributed by atoms with van der Waals surface area (Å²) in [4.78, 5) is 5.59. The van der Waals surface area contributed by atoms with Gasteiger partial charge in [-0.1, -0.05) is 34.6 Å². The van der Waals surface area contributed by atoms with Gasteiger partial charge < -0.3 is 4.52 Å². The van der Waals surface area contributed by atoms with Gasteiger partial charge in [-0.3, -0.25) is 0 Å². The van der Waals surface area contributed by atoms with E-state index in [4.69, 9.17) is 16.1 Å². The third-order valence-electron chi connectivity index (χ3n) is 4.66. The van der Waals surface area contributed by atoms with Crippen molar-refractivity contribution in [2.75, 3.05) is 0 Å². The molecule has 0 atom stereocenters. The van der Waals surface area contributed by atoms with Crippen LogP contribution in [0, 0.1) is 11.6 Å². The molecule has 0 N–H and O–H groups in total. The Morgan fingerprint density at radius 2 is 1.72 bits per heavy atom. The maximum Gasteiger partial charge on any atom is 0.214 e. The topological polar surface area (TPSA) is 56.7 Å². The van der Waals surface area contributed by atoms with Crippen LogP contribution >= 0.6 is 23.4 Å². The molecule has 0 saturated carbocycles. The lowest BCUT2D eigenvalue weighted by Crippen LogP contribution is -1.95. The van der Waals surface area contributed by atoms with E-state index in [0.29, 0.717) is 33.4 Å². The maximum absolute atomic E-state index is 15.2. The van der Waals surface area contributed by atoms with E-state index in [1.165, 1.54) is 36.4 Å². The fourth-order valence-corrected chi connectivity index (χ4v) is 4.17. The van der Waals surface area contributed by atoms with Gasteiger partial charge in [-0.25, -0.2) is 13.5 Å². The number of nitrogens with zero attached hydrogens (tertiary/aromatic N) is 4. The standard InChI is InChI=1S/C23H13ClF2N4OS/c24-15-2-8-18(9-3-15)32-21-12-30(17-6-4-16(25)5-7-17)28-22(21)19-10-1-14(11-20(19)26)23-27-13-31-29-23/h1-13H. The molecule has 3 aromatic carbocycles. The summed E-state index contributed by atoms with van der Waals surface area (Å²) < 4.78 is 34.9. The molecule has 0 spiro atoms. The lowest BCUT2D eigenvalue weighted by atomic mass is 10.1. The van der Waals surface area contributed by atoms with Crippen molar-refractivity contribution in [2.45, 2.75) is 9.79 Å². The molecule has 0 radical (unpaired) electrons. The summed E-state index contributed by atoms with van der Waals surface area (Å²) in [5, 5.41) is 8.97. The Balaban J connectivity index is 1.59. The van der Waals surface area contributed by atoms with Crippen LogP contribution in [0.25, 0.3) is 28.3 Å². The van der Waals surface area contributed by atoms with E-state index in [-0.39, 0.29) is 5.82 Å². The SMILES string of the molecule is Fc1ccc(-n2cc(Sc3ccc(Cl)cc3)c(-c3ccc(-c4ncon4)cc3F)n2)cc1. The molecule has 0 aliphatic heterocycles. The first-order valence-electron chi connectivity index (χ1n) is 9.42. The van der Waals surface area contributed by atoms with Crippen molar-refractivity contribution in [3.8, 4) is 28.3 Å². The minimum absolute atomic E-state index is 0.294. The Bertz CT molecular complexity index is 1370. The molecule has 0 aliphatic carbocycles. The summed E-state index contributed by atoms with van der Waals surface area (Å²) in [7, 11) is 0. The van der Waals surface area contributed by atoms with Gasteiger partial charge in [0.05, 0.1) is 10.6 Å². The van der Waals surface area contributed by atoms with Gasteiger partial charge in [-0.05, 0) is 60.7 Å².